The van der Waals surface area contributed by atoms with Crippen molar-refractivity contribution in [2.75, 3.05) is 13.7 Å². The van der Waals surface area contributed by atoms with Gasteiger partial charge >= 0.3 is 5.97 Å². The van der Waals surface area contributed by atoms with Gasteiger partial charge in [0.1, 0.15) is 0 Å². The summed E-state index contributed by atoms with van der Waals surface area (Å²) in [5.41, 5.74) is 0.859. The summed E-state index contributed by atoms with van der Waals surface area (Å²) >= 11 is 3.34. The number of hydrogen-bond donors (Lipinski definition) is 1. The zero-order chi connectivity index (χ0) is 12.7. The number of aliphatic carboxylic acids is 1. The van der Waals surface area contributed by atoms with Crippen LogP contribution in [0.2, 0.25) is 0 Å². The molecule has 1 aromatic rings. The second-order valence-electron chi connectivity index (χ2n) is 3.93. The van der Waals surface area contributed by atoms with E-state index in [9.17, 15) is 9.90 Å². The zero-order valence-electron chi connectivity index (χ0n) is 9.86. The highest BCUT2D eigenvalue weighted by atomic mass is 79.9. The van der Waals surface area contributed by atoms with E-state index in [0.29, 0.717) is 13.0 Å². The van der Waals surface area contributed by atoms with Crippen LogP contribution < -0.4 is 0 Å². The highest BCUT2D eigenvalue weighted by Gasteiger charge is 2.18. The van der Waals surface area contributed by atoms with Gasteiger partial charge in [-0.2, -0.15) is 0 Å². The van der Waals surface area contributed by atoms with Gasteiger partial charge in [-0.1, -0.05) is 28.1 Å². The molecule has 1 atom stereocenters. The van der Waals surface area contributed by atoms with Crippen LogP contribution in [-0.4, -0.2) is 24.8 Å². The van der Waals surface area contributed by atoms with Crippen LogP contribution in [0.15, 0.2) is 28.7 Å². The van der Waals surface area contributed by atoms with Gasteiger partial charge in [0, 0.05) is 18.2 Å². The molecule has 0 saturated heterocycles. The smallest absolute Gasteiger partial charge is 0.310 e. The van der Waals surface area contributed by atoms with Gasteiger partial charge in [-0.05, 0) is 37.0 Å². The van der Waals surface area contributed by atoms with Gasteiger partial charge in [0.2, 0.25) is 0 Å². The molecule has 0 amide bonds. The number of hydrogen-bond acceptors (Lipinski definition) is 2. The summed E-state index contributed by atoms with van der Waals surface area (Å²) in [5.74, 6) is -1.18. The molecular weight excluding hydrogens is 284 g/mol. The number of methoxy groups -OCH3 is 1. The minimum Gasteiger partial charge on any atom is -0.481 e. The fourth-order valence-electron chi connectivity index (χ4n) is 1.72. The molecule has 0 aliphatic heterocycles. The van der Waals surface area contributed by atoms with Crippen molar-refractivity contribution < 1.29 is 14.6 Å². The molecule has 0 fully saturated rings. The highest BCUT2D eigenvalue weighted by Crippen LogP contribution is 2.24. The summed E-state index contributed by atoms with van der Waals surface area (Å²) in [7, 11) is 1.66. The van der Waals surface area contributed by atoms with E-state index in [4.69, 9.17) is 4.74 Å². The molecule has 0 bridgehead atoms. The van der Waals surface area contributed by atoms with Gasteiger partial charge in [0.05, 0.1) is 5.92 Å². The van der Waals surface area contributed by atoms with Crippen LogP contribution in [0.3, 0.4) is 0 Å². The maximum Gasteiger partial charge on any atom is 0.310 e. The van der Waals surface area contributed by atoms with Gasteiger partial charge in [0.25, 0.3) is 0 Å². The fraction of sp³-hybridized carbons (Fsp3) is 0.462. The Morgan fingerprint density at radius 3 is 2.53 bits per heavy atom. The third kappa shape index (κ3) is 4.88. The molecule has 3 nitrogen and oxygen atoms in total. The topological polar surface area (TPSA) is 46.5 Å². The zero-order valence-corrected chi connectivity index (χ0v) is 11.4. The molecule has 0 aliphatic carbocycles. The van der Waals surface area contributed by atoms with E-state index in [1.165, 1.54) is 0 Å². The molecule has 0 aliphatic rings. The summed E-state index contributed by atoms with van der Waals surface area (Å²) < 4.78 is 5.91. The fourth-order valence-corrected chi connectivity index (χ4v) is 1.99. The van der Waals surface area contributed by atoms with Gasteiger partial charge in [-0.15, -0.1) is 0 Å². The van der Waals surface area contributed by atoms with Crippen LogP contribution >= 0.6 is 15.9 Å². The van der Waals surface area contributed by atoms with Gasteiger partial charge in [-0.3, -0.25) is 4.79 Å². The molecule has 1 N–H and O–H groups in total. The number of carboxylic acid groups (broad SMARTS) is 1. The minimum absolute atomic E-state index is 0.417. The SMILES string of the molecule is COCCCCC(C(=O)O)c1ccc(Br)cc1. The third-order valence-electron chi connectivity index (χ3n) is 2.66. The van der Waals surface area contributed by atoms with Gasteiger partial charge in [-0.25, -0.2) is 0 Å². The third-order valence-corrected chi connectivity index (χ3v) is 3.19. The van der Waals surface area contributed by atoms with E-state index >= 15 is 0 Å². The largest absolute Gasteiger partial charge is 0.481 e. The number of rotatable bonds is 7. The van der Waals surface area contributed by atoms with Crippen molar-refractivity contribution in [2.24, 2.45) is 0 Å². The predicted molar refractivity (Wildman–Crippen MR) is 70.2 cm³/mol. The van der Waals surface area contributed by atoms with Gasteiger partial charge < -0.3 is 9.84 Å². The van der Waals surface area contributed by atoms with E-state index in [2.05, 4.69) is 15.9 Å². The first-order chi connectivity index (χ1) is 8.15. The summed E-state index contributed by atoms with van der Waals surface area (Å²) in [6.45, 7) is 0.687. The molecule has 1 rings (SSSR count). The quantitative estimate of drug-likeness (QED) is 0.785. The lowest BCUT2D eigenvalue weighted by Gasteiger charge is -2.12. The summed E-state index contributed by atoms with van der Waals surface area (Å²) in [5, 5.41) is 9.21. The second kappa shape index (κ2) is 7.45. The Kier molecular flexibility index (Phi) is 6.22. The summed E-state index contributed by atoms with van der Waals surface area (Å²) in [4.78, 5) is 11.2. The lowest BCUT2D eigenvalue weighted by Crippen LogP contribution is -2.11. The molecule has 0 aromatic heterocycles. The van der Waals surface area contributed by atoms with Crippen molar-refractivity contribution in [1.29, 1.82) is 0 Å². The van der Waals surface area contributed by atoms with E-state index in [1.54, 1.807) is 7.11 Å². The molecule has 17 heavy (non-hydrogen) atoms. The van der Waals surface area contributed by atoms with Crippen LogP contribution in [-0.2, 0) is 9.53 Å². The number of carboxylic acids is 1. The Bertz CT molecular complexity index is 348. The Balaban J connectivity index is 2.59. The second-order valence-corrected chi connectivity index (χ2v) is 4.85. The van der Waals surface area contributed by atoms with Crippen molar-refractivity contribution in [3.63, 3.8) is 0 Å². The van der Waals surface area contributed by atoms with Crippen molar-refractivity contribution in [1.82, 2.24) is 0 Å². The van der Waals surface area contributed by atoms with Crippen LogP contribution in [0.1, 0.15) is 30.7 Å². The molecule has 1 unspecified atom stereocenters. The molecular formula is C13H17BrO3. The maximum atomic E-state index is 11.2. The van der Waals surface area contributed by atoms with E-state index in [-0.39, 0.29) is 0 Å². The minimum atomic E-state index is -0.760. The first-order valence-electron chi connectivity index (χ1n) is 5.62. The van der Waals surface area contributed by atoms with Crippen molar-refractivity contribution in [2.45, 2.75) is 25.2 Å². The van der Waals surface area contributed by atoms with E-state index < -0.39 is 11.9 Å². The van der Waals surface area contributed by atoms with Gasteiger partial charge in [0.15, 0.2) is 0 Å². The monoisotopic (exact) mass is 300 g/mol. The van der Waals surface area contributed by atoms with Crippen LogP contribution in [0.5, 0.6) is 0 Å². The lowest BCUT2D eigenvalue weighted by molar-refractivity contribution is -0.139. The summed E-state index contributed by atoms with van der Waals surface area (Å²) in [6.07, 6.45) is 2.41. The molecule has 94 valence electrons. The van der Waals surface area contributed by atoms with Crippen molar-refractivity contribution in [3.05, 3.63) is 34.3 Å². The number of ether oxygens (including phenoxy) is 1. The number of benzene rings is 1. The lowest BCUT2D eigenvalue weighted by atomic mass is 9.94. The predicted octanol–water partition coefficient (Wildman–Crippen LogP) is 3.43. The number of unbranched alkanes of at least 4 members (excludes halogenated alkanes) is 1. The molecule has 0 radical (unpaired) electrons. The molecule has 4 heteroatoms. The standard InChI is InChI=1S/C13H17BrO3/c1-17-9-3-2-4-12(13(15)16)10-5-7-11(14)8-6-10/h5-8,12H,2-4,9H2,1H3,(H,15,16). The summed E-state index contributed by atoms with van der Waals surface area (Å²) in [6, 6.07) is 7.47. The van der Waals surface area contributed by atoms with E-state index in [1.807, 2.05) is 24.3 Å². The Morgan fingerprint density at radius 1 is 1.35 bits per heavy atom. The average Bonchev–Trinajstić information content (AvgIpc) is 2.30. The van der Waals surface area contributed by atoms with Crippen molar-refractivity contribution >= 4 is 21.9 Å². The van der Waals surface area contributed by atoms with Crippen LogP contribution in [0.4, 0.5) is 0 Å². The number of halogens is 1. The normalized spacial score (nSPS) is 12.4. The van der Waals surface area contributed by atoms with Crippen LogP contribution in [0.25, 0.3) is 0 Å². The number of carbonyl (C=O) groups is 1. The molecule has 0 spiro atoms. The highest BCUT2D eigenvalue weighted by molar-refractivity contribution is 9.10. The average molecular weight is 301 g/mol. The first-order valence-corrected chi connectivity index (χ1v) is 6.41. The molecule has 1 aromatic carbocycles. The van der Waals surface area contributed by atoms with Crippen molar-refractivity contribution in [3.8, 4) is 0 Å². The Morgan fingerprint density at radius 2 is 2.00 bits per heavy atom. The van der Waals surface area contributed by atoms with E-state index in [0.717, 1.165) is 22.9 Å². The molecule has 0 heterocycles. The first kappa shape index (κ1) is 14.2. The maximum absolute atomic E-state index is 11.2. The Labute approximate surface area is 110 Å². The molecule has 0 saturated carbocycles. The Hall–Kier alpha value is -0.870. The van der Waals surface area contributed by atoms with Crippen LogP contribution in [0, 0.1) is 0 Å².